The SMILES string of the molecule is CC1(C)CC[C@H]2C(=O)C[C@]3(C)C(=C2C1)CC[C@@H]1[C@@]2(C)CC[C@H](O)C(C)(C)[C@@H]2CC[C@]13C. The number of Topliss-reactive ketones (excluding diaryl/α,β-unsaturated/α-hetero) is 1. The van der Waals surface area contributed by atoms with E-state index in [-0.39, 0.29) is 33.7 Å². The number of carbonyl (C=O) groups excluding carboxylic acids is 1. The van der Waals surface area contributed by atoms with Crippen molar-refractivity contribution < 1.29 is 9.90 Å². The highest BCUT2D eigenvalue weighted by Gasteiger charge is 2.67. The summed E-state index contributed by atoms with van der Waals surface area (Å²) in [4.78, 5) is 13.6. The minimum absolute atomic E-state index is 0.00511. The lowest BCUT2D eigenvalue weighted by atomic mass is 9.34. The Labute approximate surface area is 190 Å². The Morgan fingerprint density at radius 3 is 2.23 bits per heavy atom. The summed E-state index contributed by atoms with van der Waals surface area (Å²) in [6, 6.07) is 0. The molecule has 0 aromatic rings. The van der Waals surface area contributed by atoms with Crippen LogP contribution in [0.3, 0.4) is 0 Å². The van der Waals surface area contributed by atoms with Gasteiger partial charge in [0.2, 0.25) is 0 Å². The van der Waals surface area contributed by atoms with Gasteiger partial charge in [-0.1, -0.05) is 59.6 Å². The van der Waals surface area contributed by atoms with Crippen LogP contribution in [0.1, 0.15) is 113 Å². The summed E-state index contributed by atoms with van der Waals surface area (Å²) in [6.07, 6.45) is 11.0. The van der Waals surface area contributed by atoms with E-state index in [1.807, 2.05) is 0 Å². The Balaban J connectivity index is 1.60. The predicted octanol–water partition coefficient (Wildman–Crippen LogP) is 7.10. The molecule has 0 spiro atoms. The van der Waals surface area contributed by atoms with E-state index in [9.17, 15) is 9.90 Å². The fourth-order valence-corrected chi connectivity index (χ4v) is 10.2. The molecule has 1 N–H and O–H groups in total. The summed E-state index contributed by atoms with van der Waals surface area (Å²) in [6.45, 7) is 17.1. The van der Waals surface area contributed by atoms with Crippen LogP contribution < -0.4 is 0 Å². The zero-order valence-electron chi connectivity index (χ0n) is 21.2. The maximum atomic E-state index is 13.6. The maximum Gasteiger partial charge on any atom is 0.140 e. The maximum absolute atomic E-state index is 13.6. The molecule has 0 heterocycles. The second-order valence-corrected chi connectivity index (χ2v) is 14.4. The Kier molecular flexibility index (Phi) is 4.64. The van der Waals surface area contributed by atoms with Gasteiger partial charge >= 0.3 is 0 Å². The first-order valence-electron chi connectivity index (χ1n) is 13.2. The van der Waals surface area contributed by atoms with Crippen LogP contribution in [0.2, 0.25) is 0 Å². The molecule has 4 fully saturated rings. The van der Waals surface area contributed by atoms with Crippen LogP contribution in [0.5, 0.6) is 0 Å². The number of fused-ring (bicyclic) bond motifs is 6. The van der Waals surface area contributed by atoms with Gasteiger partial charge < -0.3 is 5.11 Å². The zero-order valence-corrected chi connectivity index (χ0v) is 21.2. The molecule has 5 aliphatic rings. The molecule has 0 aliphatic heterocycles. The number of hydrogen-bond donors (Lipinski definition) is 1. The molecule has 2 nitrogen and oxygen atoms in total. The third kappa shape index (κ3) is 2.75. The van der Waals surface area contributed by atoms with E-state index in [0.717, 1.165) is 32.1 Å². The lowest BCUT2D eigenvalue weighted by Gasteiger charge is -2.70. The van der Waals surface area contributed by atoms with E-state index in [1.165, 1.54) is 32.1 Å². The van der Waals surface area contributed by atoms with Gasteiger partial charge in [0.1, 0.15) is 5.78 Å². The minimum Gasteiger partial charge on any atom is -0.393 e. The summed E-state index contributed by atoms with van der Waals surface area (Å²) in [7, 11) is 0. The highest BCUT2D eigenvalue weighted by atomic mass is 16.3. The van der Waals surface area contributed by atoms with Crippen LogP contribution in [0.4, 0.5) is 0 Å². The van der Waals surface area contributed by atoms with Crippen LogP contribution in [0, 0.1) is 44.8 Å². The molecule has 5 rings (SSSR count). The number of aliphatic hydroxyl groups excluding tert-OH is 1. The monoisotopic (exact) mass is 426 g/mol. The Morgan fingerprint density at radius 2 is 1.52 bits per heavy atom. The topological polar surface area (TPSA) is 37.3 Å². The third-order valence-electron chi connectivity index (χ3n) is 12.1. The average Bonchev–Trinajstić information content (AvgIpc) is 2.65. The molecule has 5 aliphatic carbocycles. The summed E-state index contributed by atoms with van der Waals surface area (Å²) in [5.41, 5.74) is 4.11. The van der Waals surface area contributed by atoms with Crippen molar-refractivity contribution in [2.45, 2.75) is 119 Å². The molecule has 0 aromatic carbocycles. The van der Waals surface area contributed by atoms with Crippen LogP contribution in [-0.2, 0) is 4.79 Å². The number of carbonyl (C=O) groups is 1. The molecule has 0 unspecified atom stereocenters. The second-order valence-electron chi connectivity index (χ2n) is 14.4. The van der Waals surface area contributed by atoms with Crippen molar-refractivity contribution >= 4 is 5.78 Å². The molecule has 174 valence electrons. The van der Waals surface area contributed by atoms with E-state index in [4.69, 9.17) is 0 Å². The highest BCUT2D eigenvalue weighted by molar-refractivity contribution is 5.87. The van der Waals surface area contributed by atoms with E-state index in [0.29, 0.717) is 23.0 Å². The van der Waals surface area contributed by atoms with E-state index in [2.05, 4.69) is 48.5 Å². The molecule has 0 radical (unpaired) electrons. The van der Waals surface area contributed by atoms with Crippen LogP contribution in [0.25, 0.3) is 0 Å². The number of ketones is 1. The zero-order chi connectivity index (χ0) is 22.6. The van der Waals surface area contributed by atoms with Crippen LogP contribution in [-0.4, -0.2) is 17.0 Å². The number of hydrogen-bond acceptors (Lipinski definition) is 2. The highest BCUT2D eigenvalue weighted by Crippen LogP contribution is 2.74. The lowest BCUT2D eigenvalue weighted by Crippen LogP contribution is -2.64. The normalized spacial score (nSPS) is 50.8. The number of aliphatic hydroxyl groups is 1. The summed E-state index contributed by atoms with van der Waals surface area (Å²) in [5.74, 6) is 2.01. The molecule has 4 saturated carbocycles. The Morgan fingerprint density at radius 1 is 0.806 bits per heavy atom. The first-order valence-corrected chi connectivity index (χ1v) is 13.2. The van der Waals surface area contributed by atoms with Crippen molar-refractivity contribution in [3.8, 4) is 0 Å². The molecule has 0 bridgehead atoms. The molecule has 31 heavy (non-hydrogen) atoms. The van der Waals surface area contributed by atoms with Crippen molar-refractivity contribution in [2.75, 3.05) is 0 Å². The van der Waals surface area contributed by atoms with Crippen molar-refractivity contribution in [3.63, 3.8) is 0 Å². The summed E-state index contributed by atoms with van der Waals surface area (Å²) in [5, 5.41) is 10.8. The van der Waals surface area contributed by atoms with Gasteiger partial charge in [-0.05, 0) is 91.3 Å². The summed E-state index contributed by atoms with van der Waals surface area (Å²) >= 11 is 0. The average molecular weight is 427 g/mol. The van der Waals surface area contributed by atoms with Gasteiger partial charge in [-0.2, -0.15) is 0 Å². The standard InChI is InChI=1S/C29H46O2/c1-25(2)13-10-18-19(16-25)20-8-9-23-27(5)14-12-24(31)26(3,4)22(27)11-15-28(23,6)29(20,7)17-21(18)30/h18,22-24,31H,8-17H2,1-7H3/t18-,22+,23-,24+,27+,28-,29-/m1/s1. The molecular weight excluding hydrogens is 380 g/mol. The molecule has 7 atom stereocenters. The van der Waals surface area contributed by atoms with Gasteiger partial charge in [0.05, 0.1) is 6.10 Å². The molecule has 0 saturated heterocycles. The third-order valence-corrected chi connectivity index (χ3v) is 12.1. The van der Waals surface area contributed by atoms with Crippen molar-refractivity contribution in [1.29, 1.82) is 0 Å². The smallest absolute Gasteiger partial charge is 0.140 e. The predicted molar refractivity (Wildman–Crippen MR) is 127 cm³/mol. The van der Waals surface area contributed by atoms with Crippen molar-refractivity contribution in [3.05, 3.63) is 11.1 Å². The molecule has 0 amide bonds. The number of allylic oxidation sites excluding steroid dienone is 2. The van der Waals surface area contributed by atoms with Gasteiger partial charge in [-0.3, -0.25) is 4.79 Å². The van der Waals surface area contributed by atoms with Crippen molar-refractivity contribution in [2.24, 2.45) is 44.8 Å². The second kappa shape index (κ2) is 6.49. The molecular formula is C29H46O2. The van der Waals surface area contributed by atoms with Gasteiger partial charge in [-0.25, -0.2) is 0 Å². The largest absolute Gasteiger partial charge is 0.393 e. The Hall–Kier alpha value is -0.630. The molecule has 2 heteroatoms. The first-order chi connectivity index (χ1) is 14.3. The fourth-order valence-electron chi connectivity index (χ4n) is 10.2. The fraction of sp³-hybridized carbons (Fsp3) is 0.897. The van der Waals surface area contributed by atoms with E-state index in [1.54, 1.807) is 11.1 Å². The van der Waals surface area contributed by atoms with E-state index >= 15 is 0 Å². The summed E-state index contributed by atoms with van der Waals surface area (Å²) < 4.78 is 0. The van der Waals surface area contributed by atoms with E-state index < -0.39 is 0 Å². The van der Waals surface area contributed by atoms with Gasteiger partial charge in [0, 0.05) is 17.8 Å². The van der Waals surface area contributed by atoms with Crippen LogP contribution in [0.15, 0.2) is 11.1 Å². The number of rotatable bonds is 0. The first kappa shape index (κ1) is 22.2. The van der Waals surface area contributed by atoms with Gasteiger partial charge in [0.25, 0.3) is 0 Å². The van der Waals surface area contributed by atoms with Gasteiger partial charge in [0.15, 0.2) is 0 Å². The molecule has 0 aromatic heterocycles. The lowest BCUT2D eigenvalue weighted by molar-refractivity contribution is -0.203. The van der Waals surface area contributed by atoms with Crippen molar-refractivity contribution in [1.82, 2.24) is 0 Å². The minimum atomic E-state index is -0.173. The quantitative estimate of drug-likeness (QED) is 0.419. The van der Waals surface area contributed by atoms with Gasteiger partial charge in [-0.15, -0.1) is 0 Å². The Bertz CT molecular complexity index is 834. The van der Waals surface area contributed by atoms with Crippen LogP contribution >= 0.6 is 0 Å².